The highest BCUT2D eigenvalue weighted by molar-refractivity contribution is 5.74. The number of carbonyl (C=O) groups is 1. The van der Waals surface area contributed by atoms with Gasteiger partial charge in [-0.2, -0.15) is 0 Å². The molecule has 0 spiro atoms. The summed E-state index contributed by atoms with van der Waals surface area (Å²) in [6.45, 7) is -1.20. The van der Waals surface area contributed by atoms with Crippen LogP contribution in [0.1, 0.15) is 16.1 Å². The topological polar surface area (TPSA) is 59.2 Å². The number of rotatable bonds is 3. The second-order valence-corrected chi connectivity index (χ2v) is 2.70. The summed E-state index contributed by atoms with van der Waals surface area (Å²) < 4.78 is 51.1. The molecule has 0 unspecified atom stereocenters. The Labute approximate surface area is 85.8 Å². The molecule has 88 valence electrons. The van der Waals surface area contributed by atoms with Gasteiger partial charge in [-0.3, -0.25) is 9.59 Å². The van der Waals surface area contributed by atoms with Gasteiger partial charge in [-0.1, -0.05) is 0 Å². The van der Waals surface area contributed by atoms with E-state index < -0.39 is 30.0 Å². The Kier molecular flexibility index (Phi) is 3.31. The van der Waals surface area contributed by atoms with Crippen molar-refractivity contribution < 1.29 is 27.1 Å². The van der Waals surface area contributed by atoms with Crippen LogP contribution in [0.5, 0.6) is 5.75 Å². The Balaban J connectivity index is 3.22. The Bertz CT molecular complexity index is 452. The number of nitrogens with one attached hydrogen (secondary N) is 1. The van der Waals surface area contributed by atoms with Gasteiger partial charge in [0.25, 0.3) is 5.56 Å². The smallest absolute Gasteiger partial charge is 0.400 e. The van der Waals surface area contributed by atoms with Crippen molar-refractivity contribution >= 4 is 6.29 Å². The summed E-state index contributed by atoms with van der Waals surface area (Å²) >= 11 is 0. The first-order valence-corrected chi connectivity index (χ1v) is 3.90. The maximum atomic E-state index is 12.3. The van der Waals surface area contributed by atoms with Crippen LogP contribution in [0.3, 0.4) is 0 Å². The predicted molar refractivity (Wildman–Crippen MR) is 43.9 cm³/mol. The first-order valence-electron chi connectivity index (χ1n) is 3.90. The third-order valence-corrected chi connectivity index (χ3v) is 1.61. The molecular weight excluding hydrogens is 234 g/mol. The van der Waals surface area contributed by atoms with Gasteiger partial charge in [0.15, 0.2) is 12.0 Å². The molecule has 0 aromatic carbocycles. The second-order valence-electron chi connectivity index (χ2n) is 2.70. The number of hydrogen-bond acceptors (Lipinski definition) is 3. The molecule has 0 aliphatic heterocycles. The SMILES string of the molecule is O=Cc1[nH]c(=O)c(OC(F)(F)F)cc1CF. The van der Waals surface area contributed by atoms with Crippen molar-refractivity contribution in [3.8, 4) is 5.75 Å². The van der Waals surface area contributed by atoms with Crippen LogP contribution in [-0.2, 0) is 6.67 Å². The van der Waals surface area contributed by atoms with Crippen LogP contribution < -0.4 is 10.3 Å². The predicted octanol–water partition coefficient (Wildman–Crippen LogP) is 1.56. The number of aromatic amines is 1. The van der Waals surface area contributed by atoms with Crippen molar-refractivity contribution in [1.29, 1.82) is 0 Å². The van der Waals surface area contributed by atoms with E-state index in [1.807, 2.05) is 0 Å². The van der Waals surface area contributed by atoms with Crippen molar-refractivity contribution in [1.82, 2.24) is 4.98 Å². The molecule has 1 aromatic heterocycles. The van der Waals surface area contributed by atoms with Crippen LogP contribution in [0, 0.1) is 0 Å². The van der Waals surface area contributed by atoms with Gasteiger partial charge in [0.1, 0.15) is 6.67 Å². The van der Waals surface area contributed by atoms with E-state index in [0.717, 1.165) is 0 Å². The molecule has 0 aliphatic rings. The molecule has 1 rings (SSSR count). The Hall–Kier alpha value is -1.86. The van der Waals surface area contributed by atoms with E-state index in [1.165, 1.54) is 0 Å². The quantitative estimate of drug-likeness (QED) is 0.643. The molecule has 0 saturated heterocycles. The van der Waals surface area contributed by atoms with Crippen molar-refractivity contribution in [3.63, 3.8) is 0 Å². The molecule has 1 N–H and O–H groups in total. The zero-order chi connectivity index (χ0) is 12.3. The van der Waals surface area contributed by atoms with E-state index >= 15 is 0 Å². The molecule has 4 nitrogen and oxygen atoms in total. The Morgan fingerprint density at radius 1 is 1.44 bits per heavy atom. The fraction of sp³-hybridized carbons (Fsp3) is 0.250. The minimum atomic E-state index is -5.05. The zero-order valence-corrected chi connectivity index (χ0v) is 7.60. The molecule has 0 saturated carbocycles. The molecule has 0 radical (unpaired) electrons. The van der Waals surface area contributed by atoms with Crippen molar-refractivity contribution in [2.75, 3.05) is 0 Å². The number of hydrogen-bond donors (Lipinski definition) is 1. The number of H-pyrrole nitrogens is 1. The van der Waals surface area contributed by atoms with E-state index in [1.54, 1.807) is 4.98 Å². The lowest BCUT2D eigenvalue weighted by atomic mass is 10.2. The summed E-state index contributed by atoms with van der Waals surface area (Å²) in [5, 5.41) is 0. The lowest BCUT2D eigenvalue weighted by Crippen LogP contribution is -2.23. The summed E-state index contributed by atoms with van der Waals surface area (Å²) in [6, 6.07) is 0.538. The van der Waals surface area contributed by atoms with E-state index in [2.05, 4.69) is 4.74 Å². The third kappa shape index (κ3) is 2.81. The zero-order valence-electron chi connectivity index (χ0n) is 7.60. The minimum Gasteiger partial charge on any atom is -0.400 e. The highest BCUT2D eigenvalue weighted by atomic mass is 19.4. The Morgan fingerprint density at radius 3 is 2.50 bits per heavy atom. The summed E-state index contributed by atoms with van der Waals surface area (Å²) in [5.74, 6) is -1.11. The van der Waals surface area contributed by atoms with Crippen LogP contribution in [-0.4, -0.2) is 17.6 Å². The number of aldehydes is 1. The summed E-state index contributed by atoms with van der Waals surface area (Å²) in [5.41, 5.74) is -2.05. The highest BCUT2D eigenvalue weighted by Crippen LogP contribution is 2.20. The first kappa shape index (κ1) is 12.2. The molecule has 0 aliphatic carbocycles. The van der Waals surface area contributed by atoms with Crippen LogP contribution in [0.2, 0.25) is 0 Å². The van der Waals surface area contributed by atoms with Gasteiger partial charge < -0.3 is 9.72 Å². The fourth-order valence-electron chi connectivity index (χ4n) is 0.982. The van der Waals surface area contributed by atoms with E-state index in [-0.39, 0.29) is 11.8 Å². The van der Waals surface area contributed by atoms with Crippen molar-refractivity contribution in [2.45, 2.75) is 13.0 Å². The molecule has 8 heteroatoms. The van der Waals surface area contributed by atoms with E-state index in [9.17, 15) is 27.2 Å². The number of alkyl halides is 4. The van der Waals surface area contributed by atoms with Crippen LogP contribution in [0.25, 0.3) is 0 Å². The molecule has 0 bridgehead atoms. The monoisotopic (exact) mass is 239 g/mol. The maximum absolute atomic E-state index is 12.3. The van der Waals surface area contributed by atoms with Crippen LogP contribution in [0.15, 0.2) is 10.9 Å². The number of pyridine rings is 1. The minimum absolute atomic E-state index is 0.133. The van der Waals surface area contributed by atoms with E-state index in [0.29, 0.717) is 6.07 Å². The molecular formula is C8H5F4NO3. The van der Waals surface area contributed by atoms with Gasteiger partial charge in [0.2, 0.25) is 0 Å². The number of halogens is 4. The molecule has 1 aromatic rings. The molecule has 16 heavy (non-hydrogen) atoms. The van der Waals surface area contributed by atoms with Crippen molar-refractivity contribution in [2.24, 2.45) is 0 Å². The number of aromatic nitrogens is 1. The lowest BCUT2D eigenvalue weighted by Gasteiger charge is -2.09. The van der Waals surface area contributed by atoms with Gasteiger partial charge in [0.05, 0.1) is 5.69 Å². The standard InChI is InChI=1S/C8H5F4NO3/c9-2-4-1-6(16-8(10,11)12)7(15)13-5(4)3-14/h1,3H,2H2,(H,13,15). The normalized spacial score (nSPS) is 11.2. The van der Waals surface area contributed by atoms with Gasteiger partial charge in [-0.05, 0) is 6.07 Å². The molecule has 0 amide bonds. The summed E-state index contributed by atoms with van der Waals surface area (Å²) in [4.78, 5) is 23.1. The average molecular weight is 239 g/mol. The average Bonchev–Trinajstić information content (AvgIpc) is 2.18. The third-order valence-electron chi connectivity index (χ3n) is 1.61. The molecule has 1 heterocycles. The van der Waals surface area contributed by atoms with Gasteiger partial charge in [-0.25, -0.2) is 4.39 Å². The number of ether oxygens (including phenoxy) is 1. The van der Waals surface area contributed by atoms with Gasteiger partial charge in [-0.15, -0.1) is 13.2 Å². The summed E-state index contributed by atoms with van der Waals surface area (Å²) in [7, 11) is 0. The van der Waals surface area contributed by atoms with Crippen molar-refractivity contribution in [3.05, 3.63) is 27.7 Å². The van der Waals surface area contributed by atoms with E-state index in [4.69, 9.17) is 0 Å². The fourth-order valence-corrected chi connectivity index (χ4v) is 0.982. The largest absolute Gasteiger partial charge is 0.573 e. The molecule has 0 fully saturated rings. The van der Waals surface area contributed by atoms with Gasteiger partial charge >= 0.3 is 6.36 Å². The number of carbonyl (C=O) groups excluding carboxylic acids is 1. The maximum Gasteiger partial charge on any atom is 0.573 e. The van der Waals surface area contributed by atoms with Crippen LogP contribution >= 0.6 is 0 Å². The lowest BCUT2D eigenvalue weighted by molar-refractivity contribution is -0.275. The first-order chi connectivity index (χ1) is 7.37. The van der Waals surface area contributed by atoms with Crippen LogP contribution in [0.4, 0.5) is 17.6 Å². The Morgan fingerprint density at radius 2 is 2.06 bits per heavy atom. The second kappa shape index (κ2) is 4.33. The summed E-state index contributed by atoms with van der Waals surface area (Å²) in [6.07, 6.45) is -4.92. The highest BCUT2D eigenvalue weighted by Gasteiger charge is 2.32. The van der Waals surface area contributed by atoms with Gasteiger partial charge in [0, 0.05) is 5.56 Å². The molecule has 0 atom stereocenters.